The number of aryl methyl sites for hydroxylation is 1. The minimum Gasteiger partial charge on any atom is -0.324 e. The highest BCUT2D eigenvalue weighted by Gasteiger charge is 2.07. The standard InChI is InChI=1S/C15H14N4/c1-12-11-19(14-7-3-2-4-8-14)15(17-12)18-13-6-5-9-16-10-13/h2-11H,1H3,(H,17,18). The highest BCUT2D eigenvalue weighted by Crippen LogP contribution is 2.19. The van der Waals surface area contributed by atoms with Gasteiger partial charge in [-0.3, -0.25) is 9.55 Å². The SMILES string of the molecule is Cc1cn(-c2ccccc2)c(Nc2cccnc2)n1. The van der Waals surface area contributed by atoms with Crippen molar-refractivity contribution in [3.63, 3.8) is 0 Å². The van der Waals surface area contributed by atoms with E-state index < -0.39 is 0 Å². The lowest BCUT2D eigenvalue weighted by Crippen LogP contribution is -2.00. The first-order chi connectivity index (χ1) is 9.33. The molecule has 19 heavy (non-hydrogen) atoms. The Kier molecular flexibility index (Phi) is 2.98. The number of hydrogen-bond donors (Lipinski definition) is 1. The van der Waals surface area contributed by atoms with Gasteiger partial charge in [-0.1, -0.05) is 18.2 Å². The summed E-state index contributed by atoms with van der Waals surface area (Å²) < 4.78 is 2.03. The van der Waals surface area contributed by atoms with Gasteiger partial charge in [-0.15, -0.1) is 0 Å². The molecule has 3 aromatic rings. The molecule has 0 aliphatic carbocycles. The quantitative estimate of drug-likeness (QED) is 0.775. The van der Waals surface area contributed by atoms with Crippen molar-refractivity contribution >= 4 is 11.6 Å². The third kappa shape index (κ3) is 2.47. The summed E-state index contributed by atoms with van der Waals surface area (Å²) in [5, 5.41) is 3.28. The Morgan fingerprint density at radius 2 is 1.89 bits per heavy atom. The first-order valence-corrected chi connectivity index (χ1v) is 6.11. The lowest BCUT2D eigenvalue weighted by Gasteiger charge is -2.09. The number of benzene rings is 1. The molecule has 1 aromatic carbocycles. The van der Waals surface area contributed by atoms with Crippen molar-refractivity contribution < 1.29 is 0 Å². The molecule has 0 spiro atoms. The Bertz CT molecular complexity index is 659. The van der Waals surface area contributed by atoms with Gasteiger partial charge in [0.1, 0.15) is 0 Å². The van der Waals surface area contributed by atoms with Gasteiger partial charge in [0.2, 0.25) is 5.95 Å². The lowest BCUT2D eigenvalue weighted by atomic mass is 10.3. The molecule has 0 atom stereocenters. The van der Waals surface area contributed by atoms with Crippen molar-refractivity contribution in [1.82, 2.24) is 14.5 Å². The normalized spacial score (nSPS) is 10.4. The molecule has 0 unspecified atom stereocenters. The van der Waals surface area contributed by atoms with Crippen LogP contribution < -0.4 is 5.32 Å². The summed E-state index contributed by atoms with van der Waals surface area (Å²) in [6.07, 6.45) is 5.54. The van der Waals surface area contributed by atoms with E-state index in [0.717, 1.165) is 23.0 Å². The summed E-state index contributed by atoms with van der Waals surface area (Å²) >= 11 is 0. The van der Waals surface area contributed by atoms with E-state index in [4.69, 9.17) is 0 Å². The Morgan fingerprint density at radius 1 is 1.05 bits per heavy atom. The van der Waals surface area contributed by atoms with Gasteiger partial charge in [0.15, 0.2) is 0 Å². The van der Waals surface area contributed by atoms with Gasteiger partial charge in [0.25, 0.3) is 0 Å². The third-order valence-electron chi connectivity index (χ3n) is 2.78. The average molecular weight is 250 g/mol. The summed E-state index contributed by atoms with van der Waals surface area (Å²) in [5.74, 6) is 0.789. The number of imidazole rings is 1. The highest BCUT2D eigenvalue weighted by atomic mass is 15.2. The third-order valence-corrected chi connectivity index (χ3v) is 2.78. The zero-order chi connectivity index (χ0) is 13.1. The van der Waals surface area contributed by atoms with E-state index >= 15 is 0 Å². The summed E-state index contributed by atoms with van der Waals surface area (Å²) in [6, 6.07) is 14.0. The maximum atomic E-state index is 4.51. The molecule has 0 saturated heterocycles. The first kappa shape index (κ1) is 11.5. The van der Waals surface area contributed by atoms with E-state index in [2.05, 4.69) is 27.4 Å². The fraction of sp³-hybridized carbons (Fsp3) is 0.0667. The predicted molar refractivity (Wildman–Crippen MR) is 75.8 cm³/mol. The summed E-state index contributed by atoms with van der Waals surface area (Å²) in [5.41, 5.74) is 2.97. The molecule has 1 N–H and O–H groups in total. The molecular formula is C15H14N4. The topological polar surface area (TPSA) is 42.7 Å². The molecule has 2 heterocycles. The van der Waals surface area contributed by atoms with Crippen molar-refractivity contribution in [3.8, 4) is 5.69 Å². The number of rotatable bonds is 3. The molecule has 94 valence electrons. The van der Waals surface area contributed by atoms with Crippen LogP contribution in [0.4, 0.5) is 11.6 Å². The average Bonchev–Trinajstić information content (AvgIpc) is 2.82. The molecule has 0 amide bonds. The molecular weight excluding hydrogens is 236 g/mol. The summed E-state index contributed by atoms with van der Waals surface area (Å²) in [7, 11) is 0. The zero-order valence-corrected chi connectivity index (χ0v) is 10.6. The predicted octanol–water partition coefficient (Wildman–Crippen LogP) is 3.32. The molecule has 0 saturated carbocycles. The minimum absolute atomic E-state index is 0.789. The van der Waals surface area contributed by atoms with E-state index in [0.29, 0.717) is 0 Å². The second-order valence-corrected chi connectivity index (χ2v) is 4.28. The van der Waals surface area contributed by atoms with Crippen LogP contribution in [0, 0.1) is 6.92 Å². The monoisotopic (exact) mass is 250 g/mol. The fourth-order valence-corrected chi connectivity index (χ4v) is 1.94. The second kappa shape index (κ2) is 4.94. The molecule has 0 aliphatic rings. The Morgan fingerprint density at radius 3 is 2.63 bits per heavy atom. The van der Waals surface area contributed by atoms with Crippen molar-refractivity contribution in [2.45, 2.75) is 6.92 Å². The number of aromatic nitrogens is 3. The number of nitrogens with one attached hydrogen (secondary N) is 1. The Labute approximate surface area is 111 Å². The molecule has 0 fully saturated rings. The molecule has 4 heteroatoms. The van der Waals surface area contributed by atoms with Crippen LogP contribution in [0.2, 0.25) is 0 Å². The van der Waals surface area contributed by atoms with Crippen LogP contribution in [0.5, 0.6) is 0 Å². The van der Waals surface area contributed by atoms with Crippen LogP contribution in [0.25, 0.3) is 5.69 Å². The van der Waals surface area contributed by atoms with Gasteiger partial charge in [-0.25, -0.2) is 4.98 Å². The van der Waals surface area contributed by atoms with Crippen LogP contribution in [-0.4, -0.2) is 14.5 Å². The van der Waals surface area contributed by atoms with Gasteiger partial charge in [-0.2, -0.15) is 0 Å². The summed E-state index contributed by atoms with van der Waals surface area (Å²) in [4.78, 5) is 8.60. The molecule has 0 bridgehead atoms. The Balaban J connectivity index is 1.99. The minimum atomic E-state index is 0.789. The van der Waals surface area contributed by atoms with E-state index in [9.17, 15) is 0 Å². The largest absolute Gasteiger partial charge is 0.324 e. The van der Waals surface area contributed by atoms with Crippen molar-refractivity contribution in [2.75, 3.05) is 5.32 Å². The van der Waals surface area contributed by atoms with Crippen LogP contribution in [0.1, 0.15) is 5.69 Å². The van der Waals surface area contributed by atoms with Crippen LogP contribution in [0.15, 0.2) is 61.1 Å². The second-order valence-electron chi connectivity index (χ2n) is 4.28. The summed E-state index contributed by atoms with van der Waals surface area (Å²) in [6.45, 7) is 1.98. The number of pyridine rings is 1. The molecule has 3 rings (SSSR count). The van der Waals surface area contributed by atoms with Crippen molar-refractivity contribution in [1.29, 1.82) is 0 Å². The van der Waals surface area contributed by atoms with Gasteiger partial charge in [0.05, 0.1) is 17.6 Å². The molecule has 0 radical (unpaired) electrons. The lowest BCUT2D eigenvalue weighted by molar-refractivity contribution is 1.06. The number of para-hydroxylation sites is 1. The van der Waals surface area contributed by atoms with E-state index in [1.807, 2.05) is 48.0 Å². The van der Waals surface area contributed by atoms with Gasteiger partial charge >= 0.3 is 0 Å². The molecule has 4 nitrogen and oxygen atoms in total. The zero-order valence-electron chi connectivity index (χ0n) is 10.6. The van der Waals surface area contributed by atoms with Crippen LogP contribution >= 0.6 is 0 Å². The first-order valence-electron chi connectivity index (χ1n) is 6.11. The van der Waals surface area contributed by atoms with Crippen LogP contribution in [0.3, 0.4) is 0 Å². The maximum absolute atomic E-state index is 4.51. The van der Waals surface area contributed by atoms with E-state index in [1.165, 1.54) is 0 Å². The number of anilines is 2. The highest BCUT2D eigenvalue weighted by molar-refractivity contribution is 5.55. The van der Waals surface area contributed by atoms with Gasteiger partial charge in [0, 0.05) is 18.1 Å². The van der Waals surface area contributed by atoms with Crippen LogP contribution in [-0.2, 0) is 0 Å². The van der Waals surface area contributed by atoms with Crippen molar-refractivity contribution in [2.24, 2.45) is 0 Å². The molecule has 2 aromatic heterocycles. The van der Waals surface area contributed by atoms with Crippen molar-refractivity contribution in [3.05, 3.63) is 66.7 Å². The fourth-order valence-electron chi connectivity index (χ4n) is 1.94. The van der Waals surface area contributed by atoms with E-state index in [-0.39, 0.29) is 0 Å². The molecule has 0 aliphatic heterocycles. The number of nitrogens with zero attached hydrogens (tertiary/aromatic N) is 3. The maximum Gasteiger partial charge on any atom is 0.212 e. The number of hydrogen-bond acceptors (Lipinski definition) is 3. The van der Waals surface area contributed by atoms with Gasteiger partial charge in [-0.05, 0) is 31.2 Å². The van der Waals surface area contributed by atoms with Gasteiger partial charge < -0.3 is 5.32 Å². The smallest absolute Gasteiger partial charge is 0.212 e. The Hall–Kier alpha value is -2.62. The van der Waals surface area contributed by atoms with E-state index in [1.54, 1.807) is 12.4 Å².